The Morgan fingerprint density at radius 3 is 2.61 bits per heavy atom. The van der Waals surface area contributed by atoms with Crippen LogP contribution in [-0.4, -0.2) is 34.9 Å². The fraction of sp³-hybridized carbons (Fsp3) is 0.200. The van der Waals surface area contributed by atoms with Gasteiger partial charge in [0, 0.05) is 9.50 Å². The van der Waals surface area contributed by atoms with Crippen LogP contribution in [0.1, 0.15) is 0 Å². The minimum atomic E-state index is -1.35. The van der Waals surface area contributed by atoms with E-state index in [1.165, 1.54) is 0 Å². The molecule has 6 nitrogen and oxygen atoms in total. The number of hydrogen-bond acceptors (Lipinski definition) is 3. The van der Waals surface area contributed by atoms with E-state index in [-0.39, 0.29) is 0 Å². The monoisotopic (exact) mass is 336 g/mol. The zero-order valence-electron chi connectivity index (χ0n) is 8.98. The van der Waals surface area contributed by atoms with E-state index in [0.717, 1.165) is 0 Å². The molecule has 4 N–H and O–H groups in total. The van der Waals surface area contributed by atoms with Crippen molar-refractivity contribution >= 4 is 45.2 Å². The van der Waals surface area contributed by atoms with E-state index in [1.807, 2.05) is 0 Å². The van der Waals surface area contributed by atoms with Crippen LogP contribution in [0.25, 0.3) is 0 Å². The van der Waals surface area contributed by atoms with Crippen molar-refractivity contribution in [1.82, 2.24) is 5.32 Å². The summed E-state index contributed by atoms with van der Waals surface area (Å²) in [6, 6.07) is 2.62. The van der Waals surface area contributed by atoms with Gasteiger partial charge >= 0.3 is 12.0 Å². The predicted octanol–water partition coefficient (Wildman–Crippen LogP) is 1.67. The molecule has 0 aliphatic heterocycles. The summed E-state index contributed by atoms with van der Waals surface area (Å²) in [7, 11) is 0. The third-order valence-corrected chi connectivity index (χ3v) is 2.86. The molecule has 1 aromatic rings. The lowest BCUT2D eigenvalue weighted by molar-refractivity contribution is -0.140. The van der Waals surface area contributed by atoms with E-state index in [4.69, 9.17) is 21.8 Å². The van der Waals surface area contributed by atoms with Crippen molar-refractivity contribution in [3.05, 3.63) is 27.7 Å². The van der Waals surface area contributed by atoms with Gasteiger partial charge in [0.25, 0.3) is 0 Å². The number of carboxylic acid groups (broad SMARTS) is 1. The zero-order chi connectivity index (χ0) is 13.7. The van der Waals surface area contributed by atoms with Crippen LogP contribution >= 0.6 is 27.5 Å². The maximum absolute atomic E-state index is 11.5. The first-order valence-corrected chi connectivity index (χ1v) is 5.97. The first-order valence-electron chi connectivity index (χ1n) is 4.80. The van der Waals surface area contributed by atoms with Crippen molar-refractivity contribution in [2.45, 2.75) is 6.04 Å². The molecule has 0 aliphatic carbocycles. The number of nitrogens with one attached hydrogen (secondary N) is 2. The Labute approximate surface area is 116 Å². The molecule has 0 radical (unpaired) electrons. The number of carbonyl (C=O) groups is 2. The second kappa shape index (κ2) is 6.58. The van der Waals surface area contributed by atoms with Crippen molar-refractivity contribution in [3.8, 4) is 0 Å². The average molecular weight is 338 g/mol. The van der Waals surface area contributed by atoms with E-state index < -0.39 is 24.6 Å². The van der Waals surface area contributed by atoms with Crippen molar-refractivity contribution in [1.29, 1.82) is 0 Å². The molecule has 98 valence electrons. The minimum absolute atomic E-state index is 0.430. The lowest BCUT2D eigenvalue weighted by Gasteiger charge is -2.13. The summed E-state index contributed by atoms with van der Waals surface area (Å²) < 4.78 is 0.557. The molecule has 0 spiro atoms. The number of amides is 2. The molecule has 1 aromatic carbocycles. The van der Waals surface area contributed by atoms with Gasteiger partial charge in [0.2, 0.25) is 0 Å². The Kier molecular flexibility index (Phi) is 5.39. The number of urea groups is 1. The summed E-state index contributed by atoms with van der Waals surface area (Å²) in [4.78, 5) is 22.1. The van der Waals surface area contributed by atoms with Crippen molar-refractivity contribution in [2.75, 3.05) is 11.9 Å². The molecular formula is C10H10BrClN2O4. The number of aliphatic hydroxyl groups is 1. The van der Waals surface area contributed by atoms with Crippen molar-refractivity contribution in [3.63, 3.8) is 0 Å². The first-order chi connectivity index (χ1) is 8.43. The van der Waals surface area contributed by atoms with E-state index >= 15 is 0 Å². The summed E-state index contributed by atoms with van der Waals surface area (Å²) >= 11 is 8.93. The highest BCUT2D eigenvalue weighted by atomic mass is 79.9. The smallest absolute Gasteiger partial charge is 0.328 e. The topological polar surface area (TPSA) is 98.7 Å². The molecule has 0 saturated carbocycles. The zero-order valence-corrected chi connectivity index (χ0v) is 11.3. The summed E-state index contributed by atoms with van der Waals surface area (Å²) in [5.74, 6) is -1.32. The summed E-state index contributed by atoms with van der Waals surface area (Å²) in [6.07, 6.45) is 0. The largest absolute Gasteiger partial charge is 0.480 e. The normalized spacial score (nSPS) is 11.7. The number of benzene rings is 1. The molecule has 0 aromatic heterocycles. The summed E-state index contributed by atoms with van der Waals surface area (Å²) in [5, 5.41) is 22.4. The van der Waals surface area contributed by atoms with Crippen LogP contribution < -0.4 is 10.6 Å². The Morgan fingerprint density at radius 2 is 2.11 bits per heavy atom. The molecular weight excluding hydrogens is 327 g/mol. The first kappa shape index (κ1) is 14.7. The SMILES string of the molecule is O=C(Nc1ccc(Cl)cc1Br)N[C@@H](CO)C(=O)O. The fourth-order valence-electron chi connectivity index (χ4n) is 1.09. The minimum Gasteiger partial charge on any atom is -0.480 e. The highest BCUT2D eigenvalue weighted by Crippen LogP contribution is 2.25. The lowest BCUT2D eigenvalue weighted by atomic mass is 10.3. The molecule has 8 heteroatoms. The van der Waals surface area contributed by atoms with Gasteiger partial charge in [0.15, 0.2) is 6.04 Å². The predicted molar refractivity (Wildman–Crippen MR) is 69.8 cm³/mol. The van der Waals surface area contributed by atoms with E-state index in [1.54, 1.807) is 18.2 Å². The summed E-state index contributed by atoms with van der Waals surface area (Å²) in [5.41, 5.74) is 0.430. The number of aliphatic carboxylic acids is 1. The van der Waals surface area contributed by atoms with Crippen LogP contribution in [0.4, 0.5) is 10.5 Å². The molecule has 0 aliphatic rings. The Morgan fingerprint density at radius 1 is 1.44 bits per heavy atom. The molecule has 1 atom stereocenters. The number of carbonyl (C=O) groups excluding carboxylic acids is 1. The van der Waals surface area contributed by atoms with Gasteiger partial charge in [-0.3, -0.25) is 0 Å². The van der Waals surface area contributed by atoms with Crippen LogP contribution in [0, 0.1) is 0 Å². The number of aliphatic hydroxyl groups excluding tert-OH is 1. The number of hydrogen-bond donors (Lipinski definition) is 4. The highest BCUT2D eigenvalue weighted by Gasteiger charge is 2.18. The third kappa shape index (κ3) is 4.17. The standard InChI is InChI=1S/C10H10BrClN2O4/c11-6-3-5(12)1-2-7(6)13-10(18)14-8(4-15)9(16)17/h1-3,8,15H,4H2,(H,16,17)(H2,13,14,18)/t8-/m0/s1. The molecule has 0 fully saturated rings. The van der Waals surface area contributed by atoms with Crippen LogP contribution in [-0.2, 0) is 4.79 Å². The molecule has 1 rings (SSSR count). The summed E-state index contributed by atoms with van der Waals surface area (Å²) in [6.45, 7) is -0.690. The second-order valence-electron chi connectivity index (χ2n) is 3.30. The molecule has 0 bridgehead atoms. The quantitative estimate of drug-likeness (QED) is 0.671. The van der Waals surface area contributed by atoms with Crippen LogP contribution in [0.5, 0.6) is 0 Å². The molecule has 0 unspecified atom stereocenters. The molecule has 2 amide bonds. The van der Waals surface area contributed by atoms with E-state index in [2.05, 4.69) is 26.6 Å². The molecule has 0 heterocycles. The van der Waals surface area contributed by atoms with Gasteiger partial charge < -0.3 is 20.8 Å². The van der Waals surface area contributed by atoms with Crippen molar-refractivity contribution < 1.29 is 19.8 Å². The highest BCUT2D eigenvalue weighted by molar-refractivity contribution is 9.10. The fourth-order valence-corrected chi connectivity index (χ4v) is 1.87. The molecule has 0 saturated heterocycles. The Hall–Kier alpha value is -1.31. The van der Waals surface area contributed by atoms with Gasteiger partial charge in [-0.05, 0) is 34.1 Å². The van der Waals surface area contributed by atoms with Gasteiger partial charge in [0.05, 0.1) is 12.3 Å². The average Bonchev–Trinajstić information content (AvgIpc) is 2.29. The van der Waals surface area contributed by atoms with Crippen LogP contribution in [0.2, 0.25) is 5.02 Å². The van der Waals surface area contributed by atoms with E-state index in [9.17, 15) is 9.59 Å². The lowest BCUT2D eigenvalue weighted by Crippen LogP contribution is -2.45. The third-order valence-electron chi connectivity index (χ3n) is 1.97. The van der Waals surface area contributed by atoms with Crippen LogP contribution in [0.15, 0.2) is 22.7 Å². The van der Waals surface area contributed by atoms with Crippen molar-refractivity contribution in [2.24, 2.45) is 0 Å². The van der Waals surface area contributed by atoms with Gasteiger partial charge in [-0.2, -0.15) is 0 Å². The maximum Gasteiger partial charge on any atom is 0.328 e. The molecule has 18 heavy (non-hydrogen) atoms. The Bertz CT molecular complexity index is 469. The number of rotatable bonds is 4. The second-order valence-corrected chi connectivity index (χ2v) is 4.59. The van der Waals surface area contributed by atoms with Gasteiger partial charge in [0.1, 0.15) is 0 Å². The number of anilines is 1. The van der Waals surface area contributed by atoms with Gasteiger partial charge in [-0.25, -0.2) is 9.59 Å². The van der Waals surface area contributed by atoms with Gasteiger partial charge in [-0.1, -0.05) is 11.6 Å². The Balaban J connectivity index is 2.67. The van der Waals surface area contributed by atoms with Gasteiger partial charge in [-0.15, -0.1) is 0 Å². The number of halogens is 2. The van der Waals surface area contributed by atoms with Crippen LogP contribution in [0.3, 0.4) is 0 Å². The van der Waals surface area contributed by atoms with E-state index in [0.29, 0.717) is 15.2 Å². The maximum atomic E-state index is 11.5. The number of carboxylic acids is 1.